The summed E-state index contributed by atoms with van der Waals surface area (Å²) in [4.78, 5) is 34.2. The molecule has 0 aliphatic carbocycles. The number of hydrogen-bond acceptors (Lipinski definition) is 4. The Labute approximate surface area is 179 Å². The van der Waals surface area contributed by atoms with Crippen molar-refractivity contribution in [2.75, 3.05) is 7.05 Å². The molecule has 0 saturated heterocycles. The molecule has 0 spiro atoms. The van der Waals surface area contributed by atoms with E-state index in [4.69, 9.17) is 0 Å². The van der Waals surface area contributed by atoms with Crippen LogP contribution in [0.5, 0.6) is 0 Å². The van der Waals surface area contributed by atoms with Gasteiger partial charge in [0, 0.05) is 37.6 Å². The summed E-state index contributed by atoms with van der Waals surface area (Å²) in [7, 11) is 1.81. The number of fused-ring (bicyclic) bond motifs is 2. The summed E-state index contributed by atoms with van der Waals surface area (Å²) in [6, 6.07) is 7.78. The van der Waals surface area contributed by atoms with Crippen LogP contribution in [0, 0.1) is 13.8 Å². The van der Waals surface area contributed by atoms with Gasteiger partial charge in [0.2, 0.25) is 5.91 Å². The van der Waals surface area contributed by atoms with Gasteiger partial charge in [0.05, 0.1) is 29.0 Å². The molecule has 1 aromatic carbocycles. The van der Waals surface area contributed by atoms with E-state index in [9.17, 15) is 9.59 Å². The summed E-state index contributed by atoms with van der Waals surface area (Å²) in [5.74, 6) is 0.00974. The highest BCUT2D eigenvalue weighted by Gasteiger charge is 2.18. The van der Waals surface area contributed by atoms with E-state index < -0.39 is 0 Å². The van der Waals surface area contributed by atoms with E-state index in [1.54, 1.807) is 25.4 Å². The molecular weight excluding hydrogens is 398 g/mol. The first-order valence-corrected chi connectivity index (χ1v) is 11.1. The zero-order valence-corrected chi connectivity index (χ0v) is 18.7. The summed E-state index contributed by atoms with van der Waals surface area (Å²) < 4.78 is 5.60. The van der Waals surface area contributed by atoms with Crippen molar-refractivity contribution in [2.45, 2.75) is 53.2 Å². The van der Waals surface area contributed by atoms with Gasteiger partial charge in [0.1, 0.15) is 0 Å². The van der Waals surface area contributed by atoms with Crippen LogP contribution in [0.25, 0.3) is 16.0 Å². The lowest BCUT2D eigenvalue weighted by molar-refractivity contribution is -0.130. The predicted octanol–water partition coefficient (Wildman–Crippen LogP) is 3.59. The third-order valence-corrected chi connectivity index (χ3v) is 6.37. The van der Waals surface area contributed by atoms with Crippen molar-refractivity contribution in [3.05, 3.63) is 57.2 Å². The fraction of sp³-hybridized carbons (Fsp3) is 0.409. The van der Waals surface area contributed by atoms with Crippen LogP contribution < -0.4 is 5.69 Å². The van der Waals surface area contributed by atoms with Crippen LogP contribution in [0.1, 0.15) is 36.0 Å². The minimum absolute atomic E-state index is 0.00974. The Balaban J connectivity index is 1.51. The highest BCUT2D eigenvalue weighted by atomic mass is 32.1. The number of thiazole rings is 1. The van der Waals surface area contributed by atoms with E-state index in [2.05, 4.69) is 29.4 Å². The largest absolute Gasteiger partial charge is 0.340 e. The lowest BCUT2D eigenvalue weighted by Crippen LogP contribution is -2.30. The molecular formula is C22H27N5O2S. The monoisotopic (exact) mass is 425 g/mol. The third-order valence-electron chi connectivity index (χ3n) is 5.48. The van der Waals surface area contributed by atoms with Gasteiger partial charge in [-0.2, -0.15) is 0 Å². The lowest BCUT2D eigenvalue weighted by atomic mass is 10.3. The van der Waals surface area contributed by atoms with Crippen molar-refractivity contribution in [2.24, 2.45) is 0 Å². The van der Waals surface area contributed by atoms with Crippen LogP contribution in [0.3, 0.4) is 0 Å². The number of aryl methyl sites for hydroxylation is 4. The summed E-state index contributed by atoms with van der Waals surface area (Å²) in [5.41, 5.74) is 3.74. The molecule has 3 aromatic heterocycles. The minimum Gasteiger partial charge on any atom is -0.340 e. The number of aromatic nitrogens is 4. The molecule has 0 aliphatic heterocycles. The highest BCUT2D eigenvalue weighted by molar-refractivity contribution is 7.17. The van der Waals surface area contributed by atoms with Crippen molar-refractivity contribution in [1.82, 2.24) is 23.4 Å². The highest BCUT2D eigenvalue weighted by Crippen LogP contribution is 2.22. The van der Waals surface area contributed by atoms with Crippen molar-refractivity contribution in [3.8, 4) is 0 Å². The molecule has 0 saturated carbocycles. The molecule has 0 fully saturated rings. The molecule has 30 heavy (non-hydrogen) atoms. The van der Waals surface area contributed by atoms with Crippen LogP contribution in [0.4, 0.5) is 0 Å². The van der Waals surface area contributed by atoms with E-state index in [1.807, 2.05) is 38.2 Å². The van der Waals surface area contributed by atoms with Crippen LogP contribution >= 0.6 is 11.3 Å². The number of rotatable bonds is 7. The van der Waals surface area contributed by atoms with Crippen LogP contribution in [-0.4, -0.2) is 36.4 Å². The molecule has 0 N–H and O–H groups in total. The number of benzene rings is 1. The van der Waals surface area contributed by atoms with E-state index in [0.717, 1.165) is 33.8 Å². The predicted molar refractivity (Wildman–Crippen MR) is 120 cm³/mol. The summed E-state index contributed by atoms with van der Waals surface area (Å²) in [6.07, 6.45) is 3.23. The number of carbonyl (C=O) groups is 1. The van der Waals surface area contributed by atoms with Gasteiger partial charge in [-0.15, -0.1) is 11.3 Å². The molecule has 3 heterocycles. The van der Waals surface area contributed by atoms with Gasteiger partial charge in [-0.3, -0.25) is 18.3 Å². The maximum Gasteiger partial charge on any atom is 0.329 e. The third kappa shape index (κ3) is 3.56. The van der Waals surface area contributed by atoms with E-state index in [0.29, 0.717) is 19.6 Å². The number of imidazole rings is 2. The first-order valence-electron chi connectivity index (χ1n) is 10.3. The van der Waals surface area contributed by atoms with Crippen LogP contribution in [-0.2, 0) is 24.4 Å². The minimum atomic E-state index is -0.0457. The fourth-order valence-corrected chi connectivity index (χ4v) is 4.83. The second kappa shape index (κ2) is 8.10. The smallest absolute Gasteiger partial charge is 0.329 e. The molecule has 0 atom stereocenters. The number of hydrogen-bond donors (Lipinski definition) is 0. The van der Waals surface area contributed by atoms with Gasteiger partial charge < -0.3 is 4.90 Å². The van der Waals surface area contributed by atoms with Gasteiger partial charge >= 0.3 is 5.69 Å². The average Bonchev–Trinajstić information content (AvgIpc) is 3.30. The molecule has 8 heteroatoms. The average molecular weight is 426 g/mol. The van der Waals surface area contributed by atoms with Crippen molar-refractivity contribution in [3.63, 3.8) is 0 Å². The number of carbonyl (C=O) groups excluding carboxylic acids is 1. The Morgan fingerprint density at radius 3 is 2.47 bits per heavy atom. The first-order chi connectivity index (χ1) is 14.4. The van der Waals surface area contributed by atoms with Gasteiger partial charge in [0.25, 0.3) is 0 Å². The first kappa shape index (κ1) is 20.4. The summed E-state index contributed by atoms with van der Waals surface area (Å²) in [6.45, 7) is 7.63. The molecule has 1 amide bonds. The second-order valence-electron chi connectivity index (χ2n) is 7.71. The Hall–Kier alpha value is -2.87. The maximum absolute atomic E-state index is 12.9. The molecule has 158 valence electrons. The SMILES string of the molecule is CCCn1c(=O)n(CCC(=O)N(C)Cc2c(C)nc3sc(C)cn23)c2ccccc21. The summed E-state index contributed by atoms with van der Waals surface area (Å²) in [5, 5.41) is 0. The molecule has 4 rings (SSSR count). The van der Waals surface area contributed by atoms with E-state index in [1.165, 1.54) is 4.88 Å². The number of nitrogens with zero attached hydrogens (tertiary/aromatic N) is 5. The Morgan fingerprint density at radius 2 is 1.80 bits per heavy atom. The molecule has 7 nitrogen and oxygen atoms in total. The molecule has 0 radical (unpaired) electrons. The second-order valence-corrected chi connectivity index (χ2v) is 8.93. The van der Waals surface area contributed by atoms with Crippen LogP contribution in [0.2, 0.25) is 0 Å². The Morgan fingerprint density at radius 1 is 1.13 bits per heavy atom. The van der Waals surface area contributed by atoms with Gasteiger partial charge in [-0.05, 0) is 32.4 Å². The lowest BCUT2D eigenvalue weighted by Gasteiger charge is -2.17. The van der Waals surface area contributed by atoms with Gasteiger partial charge in [-0.25, -0.2) is 9.78 Å². The number of amides is 1. The summed E-state index contributed by atoms with van der Waals surface area (Å²) >= 11 is 1.65. The zero-order valence-electron chi connectivity index (χ0n) is 17.9. The molecule has 0 unspecified atom stereocenters. The van der Waals surface area contributed by atoms with Gasteiger partial charge in [-0.1, -0.05) is 19.1 Å². The molecule has 0 aliphatic rings. The number of para-hydroxylation sites is 2. The molecule has 4 aromatic rings. The Kier molecular flexibility index (Phi) is 5.51. The Bertz CT molecular complexity index is 1280. The van der Waals surface area contributed by atoms with Crippen molar-refractivity contribution >= 4 is 33.2 Å². The zero-order chi connectivity index (χ0) is 21.4. The quantitative estimate of drug-likeness (QED) is 0.455. The van der Waals surface area contributed by atoms with Crippen molar-refractivity contribution < 1.29 is 4.79 Å². The maximum atomic E-state index is 12.9. The van der Waals surface area contributed by atoms with Crippen molar-refractivity contribution in [1.29, 1.82) is 0 Å². The van der Waals surface area contributed by atoms with E-state index in [-0.39, 0.29) is 18.0 Å². The van der Waals surface area contributed by atoms with Gasteiger partial charge in [0.15, 0.2) is 4.96 Å². The topological polar surface area (TPSA) is 64.5 Å². The molecule has 0 bridgehead atoms. The normalized spacial score (nSPS) is 11.6. The standard InChI is InChI=1S/C22H27N5O2S/c1-5-11-25-17-8-6-7-9-18(17)26(22(25)29)12-10-20(28)24(4)14-19-16(3)23-21-27(19)13-15(2)30-21/h6-9,13H,5,10-12,14H2,1-4H3. The van der Waals surface area contributed by atoms with Crippen LogP contribution in [0.15, 0.2) is 35.3 Å². The van der Waals surface area contributed by atoms with E-state index >= 15 is 0 Å². The fourth-order valence-electron chi connectivity index (χ4n) is 3.94.